The fourth-order valence-corrected chi connectivity index (χ4v) is 4.68. The van der Waals surface area contributed by atoms with Crippen molar-refractivity contribution in [2.24, 2.45) is 0 Å². The summed E-state index contributed by atoms with van der Waals surface area (Å²) in [5, 5.41) is 3.38. The number of hydrogen-bond acceptors (Lipinski definition) is 5. The van der Waals surface area contributed by atoms with Crippen molar-refractivity contribution in [3.63, 3.8) is 0 Å². The Kier molecular flexibility index (Phi) is 6.60. The van der Waals surface area contributed by atoms with Crippen molar-refractivity contribution in [1.29, 1.82) is 0 Å². The van der Waals surface area contributed by atoms with Gasteiger partial charge in [-0.25, -0.2) is 15.0 Å². The van der Waals surface area contributed by atoms with Gasteiger partial charge in [0, 0.05) is 42.4 Å². The Balaban J connectivity index is 1.40. The maximum absolute atomic E-state index is 13.0. The Morgan fingerprint density at radius 1 is 1.08 bits per heavy atom. The zero-order valence-corrected chi connectivity index (χ0v) is 20.0. The molecule has 1 fully saturated rings. The number of likely N-dealkylation sites (tertiary alicyclic amines) is 1. The molecule has 1 unspecified atom stereocenters. The smallest absolute Gasteiger partial charge is 0.377 e. The molecule has 2 aromatic heterocycles. The molecule has 0 bridgehead atoms. The number of alkyl halides is 3. The normalized spacial score (nSPS) is 16.0. The van der Waals surface area contributed by atoms with Crippen molar-refractivity contribution in [2.75, 3.05) is 18.4 Å². The zero-order valence-electron chi connectivity index (χ0n) is 20.0. The number of amides is 1. The molecule has 9 heteroatoms. The van der Waals surface area contributed by atoms with Gasteiger partial charge >= 0.3 is 6.18 Å². The van der Waals surface area contributed by atoms with Crippen molar-refractivity contribution in [3.05, 3.63) is 96.2 Å². The molecule has 6 nitrogen and oxygen atoms in total. The molecule has 0 spiro atoms. The SMILES string of the molecule is CC=CN1CCC(c2cc(-c3ccc(C(=O)Nc4cc(C(F)(F)F)ccn4)cc3)cc3cncnc23)C1. The predicted octanol–water partition coefficient (Wildman–Crippen LogP) is 6.29. The molecule has 5 rings (SSSR count). The van der Waals surface area contributed by atoms with Crippen LogP contribution in [0.1, 0.15) is 40.7 Å². The maximum Gasteiger partial charge on any atom is 0.416 e. The van der Waals surface area contributed by atoms with E-state index in [4.69, 9.17) is 0 Å². The van der Waals surface area contributed by atoms with Gasteiger partial charge in [0.1, 0.15) is 12.1 Å². The Bertz CT molecular complexity index is 1470. The fourth-order valence-electron chi connectivity index (χ4n) is 4.68. The molecule has 188 valence electrons. The Labute approximate surface area is 211 Å². The van der Waals surface area contributed by atoms with Gasteiger partial charge < -0.3 is 10.2 Å². The van der Waals surface area contributed by atoms with Crippen LogP contribution in [0.4, 0.5) is 19.0 Å². The number of carbonyl (C=O) groups is 1. The monoisotopic (exact) mass is 503 g/mol. The minimum Gasteiger partial charge on any atom is -0.377 e. The molecule has 1 aliphatic rings. The lowest BCUT2D eigenvalue weighted by atomic mass is 9.91. The van der Waals surface area contributed by atoms with Crippen LogP contribution in [0.15, 0.2) is 79.5 Å². The van der Waals surface area contributed by atoms with Gasteiger partial charge in [-0.2, -0.15) is 13.2 Å². The number of hydrogen-bond donors (Lipinski definition) is 1. The number of pyridine rings is 1. The molecule has 37 heavy (non-hydrogen) atoms. The van der Waals surface area contributed by atoms with Gasteiger partial charge in [0.2, 0.25) is 0 Å². The van der Waals surface area contributed by atoms with Crippen molar-refractivity contribution < 1.29 is 18.0 Å². The first-order chi connectivity index (χ1) is 17.8. The van der Waals surface area contributed by atoms with Crippen LogP contribution in [0.25, 0.3) is 22.0 Å². The highest BCUT2D eigenvalue weighted by Crippen LogP contribution is 2.35. The summed E-state index contributed by atoms with van der Waals surface area (Å²) < 4.78 is 38.9. The lowest BCUT2D eigenvalue weighted by Gasteiger charge is -2.16. The zero-order chi connectivity index (χ0) is 26.0. The minimum atomic E-state index is -4.52. The molecule has 0 aliphatic carbocycles. The largest absolute Gasteiger partial charge is 0.416 e. The molecule has 1 N–H and O–H groups in total. The lowest BCUT2D eigenvalue weighted by Crippen LogP contribution is -2.14. The average Bonchev–Trinajstić information content (AvgIpc) is 3.36. The number of rotatable bonds is 5. The van der Waals surface area contributed by atoms with E-state index in [1.54, 1.807) is 24.7 Å². The first kappa shape index (κ1) is 24.4. The van der Waals surface area contributed by atoms with Crippen LogP contribution in [-0.2, 0) is 6.18 Å². The topological polar surface area (TPSA) is 71.0 Å². The van der Waals surface area contributed by atoms with Gasteiger partial charge in [0.25, 0.3) is 5.91 Å². The number of nitrogens with zero attached hydrogens (tertiary/aromatic N) is 4. The second kappa shape index (κ2) is 10.0. The van der Waals surface area contributed by atoms with E-state index in [0.717, 1.165) is 59.9 Å². The van der Waals surface area contributed by atoms with E-state index in [-0.39, 0.29) is 5.82 Å². The summed E-state index contributed by atoms with van der Waals surface area (Å²) in [5.74, 6) is -0.369. The van der Waals surface area contributed by atoms with Gasteiger partial charge in [0.05, 0.1) is 11.1 Å². The van der Waals surface area contributed by atoms with E-state index < -0.39 is 17.6 Å². The lowest BCUT2D eigenvalue weighted by molar-refractivity contribution is -0.137. The summed E-state index contributed by atoms with van der Waals surface area (Å²) in [6, 6.07) is 12.8. The molecule has 1 saturated heterocycles. The molecule has 1 atom stereocenters. The number of anilines is 1. The molecule has 1 amide bonds. The number of nitrogens with one attached hydrogen (secondary N) is 1. The summed E-state index contributed by atoms with van der Waals surface area (Å²) in [6.07, 6.45) is 5.05. The second-order valence-corrected chi connectivity index (χ2v) is 8.95. The van der Waals surface area contributed by atoms with Crippen molar-refractivity contribution in [3.8, 4) is 11.1 Å². The van der Waals surface area contributed by atoms with Crippen molar-refractivity contribution in [2.45, 2.75) is 25.4 Å². The van der Waals surface area contributed by atoms with Crippen LogP contribution < -0.4 is 5.32 Å². The summed E-state index contributed by atoms with van der Waals surface area (Å²) >= 11 is 0. The van der Waals surface area contributed by atoms with E-state index in [2.05, 4.69) is 37.4 Å². The highest BCUT2D eigenvalue weighted by molar-refractivity contribution is 6.04. The van der Waals surface area contributed by atoms with Gasteiger partial charge in [-0.15, -0.1) is 0 Å². The summed E-state index contributed by atoms with van der Waals surface area (Å²) in [7, 11) is 0. The molecular formula is C28H24F3N5O. The Morgan fingerprint density at radius 2 is 1.89 bits per heavy atom. The second-order valence-electron chi connectivity index (χ2n) is 8.95. The molecule has 3 heterocycles. The van der Waals surface area contributed by atoms with Crippen LogP contribution in [0.5, 0.6) is 0 Å². The molecule has 1 aliphatic heterocycles. The minimum absolute atomic E-state index is 0.161. The van der Waals surface area contributed by atoms with Crippen LogP contribution >= 0.6 is 0 Å². The number of benzene rings is 2. The number of aromatic nitrogens is 3. The first-order valence-corrected chi connectivity index (χ1v) is 11.9. The van der Waals surface area contributed by atoms with Gasteiger partial charge in [0.15, 0.2) is 0 Å². The Morgan fingerprint density at radius 3 is 2.65 bits per heavy atom. The van der Waals surface area contributed by atoms with Crippen molar-refractivity contribution in [1.82, 2.24) is 19.9 Å². The summed E-state index contributed by atoms with van der Waals surface area (Å²) in [5.41, 5.74) is 3.43. The van der Waals surface area contributed by atoms with Crippen molar-refractivity contribution >= 4 is 22.6 Å². The fraction of sp³-hybridized carbons (Fsp3) is 0.214. The number of carbonyl (C=O) groups excluding carboxylic acids is 1. The van der Waals surface area contributed by atoms with Crippen LogP contribution in [-0.4, -0.2) is 38.8 Å². The summed E-state index contributed by atoms with van der Waals surface area (Å²) in [4.78, 5) is 27.5. The highest BCUT2D eigenvalue weighted by atomic mass is 19.4. The van der Waals surface area contributed by atoms with E-state index >= 15 is 0 Å². The average molecular weight is 504 g/mol. The molecule has 4 aromatic rings. The standard InChI is InChI=1S/C28H24F3N5O/c1-2-10-36-11-8-20(16-36)24-13-21(12-22-15-32-17-34-26(22)24)18-3-5-19(6-4-18)27(37)35-25-14-23(7-9-33-25)28(29,30)31/h2-7,9-10,12-15,17,20H,8,11,16H2,1H3,(H,33,35,37). The quantitative estimate of drug-likeness (QED) is 0.347. The highest BCUT2D eigenvalue weighted by Gasteiger charge is 2.31. The van der Waals surface area contributed by atoms with E-state index in [0.29, 0.717) is 11.5 Å². The van der Waals surface area contributed by atoms with E-state index in [1.807, 2.05) is 31.2 Å². The predicted molar refractivity (Wildman–Crippen MR) is 136 cm³/mol. The molecule has 0 radical (unpaired) electrons. The van der Waals surface area contributed by atoms with Crippen LogP contribution in [0, 0.1) is 0 Å². The van der Waals surface area contributed by atoms with Crippen LogP contribution in [0.2, 0.25) is 0 Å². The van der Waals surface area contributed by atoms with Gasteiger partial charge in [-0.05, 0) is 72.6 Å². The number of fused-ring (bicyclic) bond motifs is 1. The third-order valence-electron chi connectivity index (χ3n) is 6.46. The molecule has 0 saturated carbocycles. The maximum atomic E-state index is 13.0. The number of halogens is 3. The third kappa shape index (κ3) is 5.30. The molecular weight excluding hydrogens is 479 g/mol. The summed E-state index contributed by atoms with van der Waals surface area (Å²) in [6.45, 7) is 3.91. The van der Waals surface area contributed by atoms with E-state index in [1.165, 1.54) is 5.56 Å². The third-order valence-corrected chi connectivity index (χ3v) is 6.46. The van der Waals surface area contributed by atoms with Gasteiger partial charge in [-0.3, -0.25) is 4.79 Å². The molecule has 2 aromatic carbocycles. The van der Waals surface area contributed by atoms with Crippen LogP contribution in [0.3, 0.4) is 0 Å². The number of allylic oxidation sites excluding steroid dienone is 1. The first-order valence-electron chi connectivity index (χ1n) is 11.9. The van der Waals surface area contributed by atoms with Gasteiger partial charge in [-0.1, -0.05) is 18.2 Å². The van der Waals surface area contributed by atoms with E-state index in [9.17, 15) is 18.0 Å². The Hall–Kier alpha value is -4.27.